The SMILES string of the molecule is C=C(CCC)[SiH2]C. The Labute approximate surface area is 48.4 Å². The first-order valence-corrected chi connectivity index (χ1v) is 5.10. The van der Waals surface area contributed by atoms with Crippen molar-refractivity contribution in [3.63, 3.8) is 0 Å². The van der Waals surface area contributed by atoms with Crippen LogP contribution in [-0.4, -0.2) is 9.52 Å². The fourth-order valence-corrected chi connectivity index (χ4v) is 1.24. The molecule has 0 saturated carbocycles. The van der Waals surface area contributed by atoms with Crippen LogP contribution in [0.15, 0.2) is 11.8 Å². The lowest BCUT2D eigenvalue weighted by molar-refractivity contribution is 0.945. The first-order valence-electron chi connectivity index (χ1n) is 2.97. The second-order valence-electron chi connectivity index (χ2n) is 1.85. The Balaban J connectivity index is 3.00. The minimum absolute atomic E-state index is 0.133. The van der Waals surface area contributed by atoms with E-state index in [1.165, 1.54) is 18.0 Å². The highest BCUT2D eigenvalue weighted by Gasteiger charge is 1.84. The van der Waals surface area contributed by atoms with Gasteiger partial charge in [0.2, 0.25) is 0 Å². The summed E-state index contributed by atoms with van der Waals surface area (Å²) in [6.07, 6.45) is 2.54. The molecule has 0 atom stereocenters. The molecule has 0 amide bonds. The summed E-state index contributed by atoms with van der Waals surface area (Å²) in [5, 5.41) is 1.52. The van der Waals surface area contributed by atoms with Gasteiger partial charge in [0, 0.05) is 9.52 Å². The molecule has 42 valence electrons. The zero-order valence-corrected chi connectivity index (χ0v) is 6.74. The molecule has 0 aromatic rings. The maximum absolute atomic E-state index is 3.92. The normalized spacial score (nSPS) is 10.6. The summed E-state index contributed by atoms with van der Waals surface area (Å²) >= 11 is 0. The fraction of sp³-hybridized carbons (Fsp3) is 0.667. The van der Waals surface area contributed by atoms with Crippen LogP contribution in [0.1, 0.15) is 19.8 Å². The second-order valence-corrected chi connectivity index (χ2v) is 3.56. The lowest BCUT2D eigenvalue weighted by Gasteiger charge is -1.93. The predicted molar refractivity (Wildman–Crippen MR) is 38.5 cm³/mol. The van der Waals surface area contributed by atoms with Crippen LogP contribution >= 0.6 is 0 Å². The fourth-order valence-electron chi connectivity index (χ4n) is 0.530. The summed E-state index contributed by atoms with van der Waals surface area (Å²) in [5.74, 6) is 0. The van der Waals surface area contributed by atoms with Gasteiger partial charge in [0.25, 0.3) is 0 Å². The van der Waals surface area contributed by atoms with E-state index in [1.807, 2.05) is 0 Å². The molecular weight excluding hydrogens is 100 g/mol. The quantitative estimate of drug-likeness (QED) is 0.488. The van der Waals surface area contributed by atoms with Gasteiger partial charge in [0.05, 0.1) is 0 Å². The standard InChI is InChI=1S/C6H14Si/c1-4-5-6(2)7-3/h2,4-5,7H2,1,3H3. The third-order valence-corrected chi connectivity index (χ3v) is 2.46. The van der Waals surface area contributed by atoms with Crippen molar-refractivity contribution in [2.24, 2.45) is 0 Å². The van der Waals surface area contributed by atoms with E-state index in [0.717, 1.165) is 0 Å². The zero-order chi connectivity index (χ0) is 5.70. The Bertz CT molecular complexity index is 57.2. The highest BCUT2D eigenvalue weighted by atomic mass is 28.2. The number of rotatable bonds is 3. The molecule has 0 heterocycles. The first-order chi connectivity index (χ1) is 3.31. The monoisotopic (exact) mass is 114 g/mol. The summed E-state index contributed by atoms with van der Waals surface area (Å²) in [7, 11) is 0.133. The van der Waals surface area contributed by atoms with E-state index in [9.17, 15) is 0 Å². The average Bonchev–Trinajstić information content (AvgIpc) is 1.68. The molecule has 0 bridgehead atoms. The molecule has 0 aliphatic heterocycles. The molecule has 1 heteroatoms. The van der Waals surface area contributed by atoms with Crippen LogP contribution in [-0.2, 0) is 0 Å². The molecule has 0 rings (SSSR count). The van der Waals surface area contributed by atoms with Gasteiger partial charge in [0.1, 0.15) is 0 Å². The van der Waals surface area contributed by atoms with E-state index in [4.69, 9.17) is 0 Å². The highest BCUT2D eigenvalue weighted by Crippen LogP contribution is 1.97. The summed E-state index contributed by atoms with van der Waals surface area (Å²) in [4.78, 5) is 0. The van der Waals surface area contributed by atoms with Crippen LogP contribution in [0.4, 0.5) is 0 Å². The molecule has 0 aliphatic carbocycles. The van der Waals surface area contributed by atoms with Gasteiger partial charge in [-0.3, -0.25) is 0 Å². The predicted octanol–water partition coefficient (Wildman–Crippen LogP) is 1.52. The zero-order valence-electron chi connectivity index (χ0n) is 5.33. The van der Waals surface area contributed by atoms with E-state index >= 15 is 0 Å². The molecule has 0 nitrogen and oxygen atoms in total. The van der Waals surface area contributed by atoms with Crippen LogP contribution in [0.3, 0.4) is 0 Å². The minimum Gasteiger partial charge on any atom is -0.104 e. The summed E-state index contributed by atoms with van der Waals surface area (Å²) in [5.41, 5.74) is 0. The van der Waals surface area contributed by atoms with Crippen molar-refractivity contribution in [2.75, 3.05) is 0 Å². The minimum atomic E-state index is 0.133. The Morgan fingerprint density at radius 3 is 2.43 bits per heavy atom. The third-order valence-electron chi connectivity index (χ3n) is 1.10. The van der Waals surface area contributed by atoms with Crippen LogP contribution in [0, 0.1) is 0 Å². The summed E-state index contributed by atoms with van der Waals surface area (Å²) < 4.78 is 0. The summed E-state index contributed by atoms with van der Waals surface area (Å²) in [6.45, 7) is 8.42. The van der Waals surface area contributed by atoms with Crippen LogP contribution < -0.4 is 0 Å². The van der Waals surface area contributed by atoms with Crippen LogP contribution in [0.5, 0.6) is 0 Å². The van der Waals surface area contributed by atoms with Gasteiger partial charge < -0.3 is 0 Å². The van der Waals surface area contributed by atoms with Crippen molar-refractivity contribution in [1.29, 1.82) is 0 Å². The maximum Gasteiger partial charge on any atom is 0.0457 e. The van der Waals surface area contributed by atoms with Crippen molar-refractivity contribution in [3.8, 4) is 0 Å². The molecular formula is C6H14Si. The Morgan fingerprint density at radius 1 is 1.71 bits per heavy atom. The van der Waals surface area contributed by atoms with Gasteiger partial charge in [0.15, 0.2) is 0 Å². The number of hydrogen-bond acceptors (Lipinski definition) is 0. The Hall–Kier alpha value is -0.0431. The molecule has 0 unspecified atom stereocenters. The van der Waals surface area contributed by atoms with E-state index < -0.39 is 0 Å². The van der Waals surface area contributed by atoms with E-state index in [0.29, 0.717) is 0 Å². The largest absolute Gasteiger partial charge is 0.104 e. The van der Waals surface area contributed by atoms with E-state index in [1.54, 1.807) is 0 Å². The molecule has 0 radical (unpaired) electrons. The van der Waals surface area contributed by atoms with Crippen LogP contribution in [0.2, 0.25) is 6.55 Å². The van der Waals surface area contributed by atoms with Gasteiger partial charge in [-0.05, 0) is 6.42 Å². The Morgan fingerprint density at radius 2 is 2.29 bits per heavy atom. The van der Waals surface area contributed by atoms with E-state index in [-0.39, 0.29) is 9.52 Å². The molecule has 0 saturated heterocycles. The number of hydrogen-bond donors (Lipinski definition) is 0. The highest BCUT2D eigenvalue weighted by molar-refractivity contribution is 6.43. The molecule has 7 heavy (non-hydrogen) atoms. The van der Waals surface area contributed by atoms with Gasteiger partial charge in [-0.25, -0.2) is 0 Å². The van der Waals surface area contributed by atoms with Crippen LogP contribution in [0.25, 0.3) is 0 Å². The topological polar surface area (TPSA) is 0 Å². The van der Waals surface area contributed by atoms with Gasteiger partial charge in [-0.2, -0.15) is 0 Å². The second kappa shape index (κ2) is 4.12. The molecule has 0 N–H and O–H groups in total. The average molecular weight is 114 g/mol. The molecule has 0 aromatic heterocycles. The Kier molecular flexibility index (Phi) is 4.10. The van der Waals surface area contributed by atoms with Gasteiger partial charge in [-0.1, -0.05) is 25.1 Å². The van der Waals surface area contributed by atoms with Gasteiger partial charge in [-0.15, -0.1) is 6.58 Å². The molecule has 0 fully saturated rings. The van der Waals surface area contributed by atoms with E-state index in [2.05, 4.69) is 20.0 Å². The van der Waals surface area contributed by atoms with Crippen molar-refractivity contribution in [3.05, 3.63) is 11.8 Å². The smallest absolute Gasteiger partial charge is 0.0457 e. The summed E-state index contributed by atoms with van der Waals surface area (Å²) in [6, 6.07) is 0. The van der Waals surface area contributed by atoms with Crippen molar-refractivity contribution in [1.82, 2.24) is 0 Å². The third kappa shape index (κ3) is 3.80. The van der Waals surface area contributed by atoms with Crippen molar-refractivity contribution < 1.29 is 0 Å². The molecule has 0 aliphatic rings. The first kappa shape index (κ1) is 6.96. The van der Waals surface area contributed by atoms with Gasteiger partial charge >= 0.3 is 0 Å². The lowest BCUT2D eigenvalue weighted by Crippen LogP contribution is -1.85. The lowest BCUT2D eigenvalue weighted by atomic mass is 10.3. The number of allylic oxidation sites excluding steroid dienone is 1. The maximum atomic E-state index is 3.92. The molecule has 0 aromatic carbocycles. The molecule has 0 spiro atoms. The van der Waals surface area contributed by atoms with Crippen molar-refractivity contribution >= 4 is 9.52 Å². The van der Waals surface area contributed by atoms with Crippen molar-refractivity contribution in [2.45, 2.75) is 26.3 Å².